The van der Waals surface area contributed by atoms with E-state index in [1.807, 2.05) is 24.3 Å². The van der Waals surface area contributed by atoms with Crippen LogP contribution in [-0.2, 0) is 6.18 Å². The highest BCUT2D eigenvalue weighted by molar-refractivity contribution is 7.12. The molecule has 1 N–H and O–H groups in total. The van der Waals surface area contributed by atoms with Crippen molar-refractivity contribution in [1.29, 1.82) is 0 Å². The Morgan fingerprint density at radius 1 is 1.03 bits per heavy atom. The van der Waals surface area contributed by atoms with Crippen LogP contribution < -0.4 is 5.43 Å². The Kier molecular flexibility index (Phi) is 5.33. The number of aromatic nitrogens is 1. The Balaban J connectivity index is 1.67. The third-order valence-corrected chi connectivity index (χ3v) is 5.24. The van der Waals surface area contributed by atoms with Crippen molar-refractivity contribution in [3.8, 4) is 11.3 Å². The molecule has 0 atom stereocenters. The SMILES string of the molecule is O=C(N/N=C/c1cc(-c2ccc(C(F)(F)F)cc2)nc2ccccc12)c1cccs1. The van der Waals surface area contributed by atoms with Gasteiger partial charge < -0.3 is 0 Å². The van der Waals surface area contributed by atoms with E-state index < -0.39 is 11.7 Å². The second-order valence-corrected chi connectivity index (χ2v) is 7.31. The molecule has 0 saturated carbocycles. The number of thiophene rings is 1. The summed E-state index contributed by atoms with van der Waals surface area (Å²) in [5.74, 6) is -0.317. The van der Waals surface area contributed by atoms with Crippen molar-refractivity contribution in [1.82, 2.24) is 10.4 Å². The maximum atomic E-state index is 12.8. The molecule has 0 bridgehead atoms. The predicted octanol–water partition coefficient (Wildman–Crippen LogP) is 5.75. The summed E-state index contributed by atoms with van der Waals surface area (Å²) in [7, 11) is 0. The molecule has 2 heterocycles. The number of hydrogen-bond donors (Lipinski definition) is 1. The highest BCUT2D eigenvalue weighted by Gasteiger charge is 2.30. The van der Waals surface area contributed by atoms with Gasteiger partial charge in [0.2, 0.25) is 0 Å². The molecule has 0 aliphatic carbocycles. The van der Waals surface area contributed by atoms with Crippen molar-refractivity contribution in [2.24, 2.45) is 5.10 Å². The van der Waals surface area contributed by atoms with E-state index in [0.29, 0.717) is 27.2 Å². The average molecular weight is 425 g/mol. The molecular formula is C22H14F3N3OS. The van der Waals surface area contributed by atoms with Crippen LogP contribution in [0.3, 0.4) is 0 Å². The van der Waals surface area contributed by atoms with Crippen LogP contribution in [0.4, 0.5) is 13.2 Å². The Hall–Kier alpha value is -3.52. The van der Waals surface area contributed by atoms with Gasteiger partial charge in [-0.25, -0.2) is 10.4 Å². The smallest absolute Gasteiger partial charge is 0.266 e. The zero-order valence-electron chi connectivity index (χ0n) is 15.4. The van der Waals surface area contributed by atoms with Crippen molar-refractivity contribution in [3.05, 3.63) is 88.1 Å². The van der Waals surface area contributed by atoms with Gasteiger partial charge in [-0.1, -0.05) is 36.4 Å². The summed E-state index contributed by atoms with van der Waals surface area (Å²) in [5.41, 5.74) is 4.16. The lowest BCUT2D eigenvalue weighted by atomic mass is 10.0. The molecule has 2 aromatic carbocycles. The normalized spacial score (nSPS) is 11.8. The van der Waals surface area contributed by atoms with Crippen LogP contribution in [0, 0.1) is 0 Å². The average Bonchev–Trinajstić information content (AvgIpc) is 3.28. The number of hydrogen-bond acceptors (Lipinski definition) is 4. The summed E-state index contributed by atoms with van der Waals surface area (Å²) in [6, 6.07) is 17.4. The molecule has 0 radical (unpaired) electrons. The van der Waals surface area contributed by atoms with Crippen molar-refractivity contribution in [2.45, 2.75) is 6.18 Å². The van der Waals surface area contributed by atoms with Crippen molar-refractivity contribution in [2.75, 3.05) is 0 Å². The van der Waals surface area contributed by atoms with Crippen LogP contribution in [0.1, 0.15) is 20.8 Å². The van der Waals surface area contributed by atoms with Crippen LogP contribution in [0.2, 0.25) is 0 Å². The quantitative estimate of drug-likeness (QED) is 0.335. The van der Waals surface area contributed by atoms with E-state index in [2.05, 4.69) is 15.5 Å². The number of pyridine rings is 1. The number of amides is 1. The number of carbonyl (C=O) groups excluding carboxylic acids is 1. The number of hydrazone groups is 1. The second-order valence-electron chi connectivity index (χ2n) is 6.37. The van der Waals surface area contributed by atoms with E-state index in [0.717, 1.165) is 17.5 Å². The van der Waals surface area contributed by atoms with E-state index in [4.69, 9.17) is 0 Å². The minimum Gasteiger partial charge on any atom is -0.266 e. The molecule has 0 aliphatic heterocycles. The molecule has 8 heteroatoms. The van der Waals surface area contributed by atoms with Crippen molar-refractivity contribution < 1.29 is 18.0 Å². The van der Waals surface area contributed by atoms with Gasteiger partial charge in [0.05, 0.1) is 27.9 Å². The van der Waals surface area contributed by atoms with Gasteiger partial charge in [0, 0.05) is 16.5 Å². The number of nitrogens with one attached hydrogen (secondary N) is 1. The molecule has 0 unspecified atom stereocenters. The molecular weight excluding hydrogens is 411 g/mol. The summed E-state index contributed by atoms with van der Waals surface area (Å²) in [4.78, 5) is 17.1. The highest BCUT2D eigenvalue weighted by atomic mass is 32.1. The summed E-state index contributed by atoms with van der Waals surface area (Å²) < 4.78 is 38.5. The maximum Gasteiger partial charge on any atom is 0.416 e. The van der Waals surface area contributed by atoms with Gasteiger partial charge >= 0.3 is 6.18 Å². The molecule has 1 amide bonds. The molecule has 4 aromatic rings. The number of fused-ring (bicyclic) bond motifs is 1. The molecule has 150 valence electrons. The molecule has 0 saturated heterocycles. The fourth-order valence-corrected chi connectivity index (χ4v) is 3.52. The molecule has 0 fully saturated rings. The first-order chi connectivity index (χ1) is 14.4. The number of halogens is 3. The summed E-state index contributed by atoms with van der Waals surface area (Å²) in [6.07, 6.45) is -2.89. The number of para-hydroxylation sites is 1. The standard InChI is InChI=1S/C22H14F3N3OS/c23-22(24,25)16-9-7-14(8-10-16)19-12-15(17-4-1-2-5-18(17)27-19)13-26-28-21(29)20-6-3-11-30-20/h1-13H,(H,28,29)/b26-13+. The maximum absolute atomic E-state index is 12.8. The van der Waals surface area contributed by atoms with Gasteiger partial charge in [-0.3, -0.25) is 4.79 Å². The third-order valence-electron chi connectivity index (χ3n) is 4.37. The van der Waals surface area contributed by atoms with Gasteiger partial charge in [-0.2, -0.15) is 18.3 Å². The first kappa shape index (κ1) is 19.8. The molecule has 0 spiro atoms. The second kappa shape index (κ2) is 8.08. The summed E-state index contributed by atoms with van der Waals surface area (Å²) in [5, 5.41) is 6.64. The van der Waals surface area contributed by atoms with Crippen LogP contribution in [0.5, 0.6) is 0 Å². The lowest BCUT2D eigenvalue weighted by molar-refractivity contribution is -0.137. The fraction of sp³-hybridized carbons (Fsp3) is 0.0455. The van der Waals surface area contributed by atoms with E-state index in [-0.39, 0.29) is 5.91 Å². The molecule has 2 aromatic heterocycles. The molecule has 4 nitrogen and oxygen atoms in total. The Morgan fingerprint density at radius 2 is 1.80 bits per heavy atom. The van der Waals surface area contributed by atoms with Gasteiger partial charge in [-0.15, -0.1) is 11.3 Å². The number of nitrogens with zero attached hydrogens (tertiary/aromatic N) is 2. The van der Waals surface area contributed by atoms with Gasteiger partial charge in [0.1, 0.15) is 0 Å². The zero-order valence-corrected chi connectivity index (χ0v) is 16.2. The van der Waals surface area contributed by atoms with Gasteiger partial charge in [0.25, 0.3) is 5.91 Å². The Morgan fingerprint density at radius 3 is 2.50 bits per heavy atom. The molecule has 30 heavy (non-hydrogen) atoms. The van der Waals surface area contributed by atoms with E-state index in [1.54, 1.807) is 23.6 Å². The first-order valence-corrected chi connectivity index (χ1v) is 9.74. The van der Waals surface area contributed by atoms with Crippen LogP contribution in [0.15, 0.2) is 77.2 Å². The molecule has 0 aliphatic rings. The Bertz CT molecular complexity index is 1220. The van der Waals surface area contributed by atoms with Crippen molar-refractivity contribution in [3.63, 3.8) is 0 Å². The fourth-order valence-electron chi connectivity index (χ4n) is 2.91. The van der Waals surface area contributed by atoms with Crippen LogP contribution in [-0.4, -0.2) is 17.1 Å². The topological polar surface area (TPSA) is 54.4 Å². The predicted molar refractivity (Wildman–Crippen MR) is 112 cm³/mol. The summed E-state index contributed by atoms with van der Waals surface area (Å²) in [6.45, 7) is 0. The minimum atomic E-state index is -4.39. The third kappa shape index (κ3) is 4.23. The number of carbonyl (C=O) groups is 1. The van der Waals surface area contributed by atoms with E-state index in [9.17, 15) is 18.0 Å². The number of rotatable bonds is 4. The minimum absolute atomic E-state index is 0.317. The zero-order chi connectivity index (χ0) is 21.1. The van der Waals surface area contributed by atoms with Gasteiger partial charge in [0.15, 0.2) is 0 Å². The largest absolute Gasteiger partial charge is 0.416 e. The van der Waals surface area contributed by atoms with Crippen LogP contribution >= 0.6 is 11.3 Å². The van der Waals surface area contributed by atoms with E-state index in [1.165, 1.54) is 29.7 Å². The molecule has 4 rings (SSSR count). The number of alkyl halides is 3. The highest BCUT2D eigenvalue weighted by Crippen LogP contribution is 2.31. The Labute approximate surface area is 173 Å². The lowest BCUT2D eigenvalue weighted by Gasteiger charge is -2.09. The summed E-state index contributed by atoms with van der Waals surface area (Å²) >= 11 is 1.31. The number of benzene rings is 2. The van der Waals surface area contributed by atoms with Crippen LogP contribution in [0.25, 0.3) is 22.2 Å². The van der Waals surface area contributed by atoms with Gasteiger partial charge in [-0.05, 0) is 35.7 Å². The van der Waals surface area contributed by atoms with Crippen molar-refractivity contribution >= 4 is 34.4 Å². The lowest BCUT2D eigenvalue weighted by Crippen LogP contribution is -2.16. The van der Waals surface area contributed by atoms with E-state index >= 15 is 0 Å². The monoisotopic (exact) mass is 425 g/mol. The first-order valence-electron chi connectivity index (χ1n) is 8.86.